The van der Waals surface area contributed by atoms with Crippen molar-refractivity contribution in [2.24, 2.45) is 46.3 Å². The molecule has 8 atom stereocenters. The Labute approximate surface area is 169 Å². The predicted molar refractivity (Wildman–Crippen MR) is 109 cm³/mol. The van der Waals surface area contributed by atoms with Crippen molar-refractivity contribution in [1.82, 2.24) is 10.2 Å². The van der Waals surface area contributed by atoms with Crippen LogP contribution < -0.4 is 5.32 Å². The maximum Gasteiger partial charge on any atom is 0.226 e. The molecule has 0 spiro atoms. The standard InChI is InChI=1S/C24H36N2O2/c1-5-26(6-2)22(28)18-8-7-16-15-13-25-21-12-20(27)14-11-19(14)24(21,4)17(15)9-10-23(16,18)3/h12,14-19,25H,5-11,13H2,1-4H3/t14-,15+,16+,17+,18-,19+,23+,24+/m1/s1. The topological polar surface area (TPSA) is 49.4 Å². The smallest absolute Gasteiger partial charge is 0.226 e. The lowest BCUT2D eigenvalue weighted by atomic mass is 9.49. The third-order valence-electron chi connectivity index (χ3n) is 9.90. The van der Waals surface area contributed by atoms with Gasteiger partial charge in [0.05, 0.1) is 0 Å². The van der Waals surface area contributed by atoms with Gasteiger partial charge >= 0.3 is 0 Å². The minimum atomic E-state index is 0.146. The molecule has 1 amide bonds. The van der Waals surface area contributed by atoms with E-state index in [2.05, 4.69) is 33.0 Å². The Kier molecular flexibility index (Phi) is 4.07. The third-order valence-corrected chi connectivity index (χ3v) is 9.90. The molecule has 0 aromatic carbocycles. The van der Waals surface area contributed by atoms with Gasteiger partial charge < -0.3 is 10.2 Å². The second-order valence-electron chi connectivity index (χ2n) is 10.6. The molecule has 0 aromatic rings. The maximum atomic E-state index is 13.3. The zero-order valence-corrected chi connectivity index (χ0v) is 18.0. The average molecular weight is 385 g/mol. The van der Waals surface area contributed by atoms with E-state index in [0.29, 0.717) is 41.3 Å². The highest BCUT2D eigenvalue weighted by Gasteiger charge is 2.66. The highest BCUT2D eigenvalue weighted by atomic mass is 16.2. The number of piperidine rings is 1. The molecule has 4 fully saturated rings. The van der Waals surface area contributed by atoms with Crippen molar-refractivity contribution in [3.63, 3.8) is 0 Å². The van der Waals surface area contributed by atoms with Crippen LogP contribution in [0.15, 0.2) is 11.8 Å². The summed E-state index contributed by atoms with van der Waals surface area (Å²) in [5.74, 6) is 3.75. The summed E-state index contributed by atoms with van der Waals surface area (Å²) in [6, 6.07) is 0. The van der Waals surface area contributed by atoms with Crippen molar-refractivity contribution in [3.05, 3.63) is 11.8 Å². The second kappa shape index (κ2) is 6.09. The lowest BCUT2D eigenvalue weighted by Crippen LogP contribution is -2.58. The van der Waals surface area contributed by atoms with E-state index in [4.69, 9.17) is 0 Å². The number of nitrogens with one attached hydrogen (secondary N) is 1. The number of amides is 1. The molecule has 4 heteroatoms. The van der Waals surface area contributed by atoms with Crippen molar-refractivity contribution in [3.8, 4) is 0 Å². The van der Waals surface area contributed by atoms with Gasteiger partial charge in [0, 0.05) is 48.7 Å². The Hall–Kier alpha value is -1.32. The molecule has 1 saturated heterocycles. The number of rotatable bonds is 3. The largest absolute Gasteiger partial charge is 0.387 e. The van der Waals surface area contributed by atoms with Crippen LogP contribution in [0.25, 0.3) is 0 Å². The minimum Gasteiger partial charge on any atom is -0.387 e. The minimum absolute atomic E-state index is 0.146. The van der Waals surface area contributed by atoms with E-state index in [1.165, 1.54) is 25.0 Å². The fraction of sp³-hybridized carbons (Fsp3) is 0.833. The molecule has 5 aliphatic rings. The second-order valence-corrected chi connectivity index (χ2v) is 10.6. The Morgan fingerprint density at radius 2 is 1.89 bits per heavy atom. The molecule has 28 heavy (non-hydrogen) atoms. The molecule has 1 heterocycles. The van der Waals surface area contributed by atoms with Crippen LogP contribution in [-0.4, -0.2) is 36.2 Å². The number of ketones is 1. The number of nitrogens with zero attached hydrogens (tertiary/aromatic N) is 1. The third kappa shape index (κ3) is 2.24. The van der Waals surface area contributed by atoms with Gasteiger partial charge in [-0.15, -0.1) is 0 Å². The molecule has 1 N–H and O–H groups in total. The molecule has 0 aromatic heterocycles. The summed E-state index contributed by atoms with van der Waals surface area (Å²) in [6.07, 6.45) is 7.67. The number of fused-ring (bicyclic) bond motifs is 7. The number of hydrogen-bond donors (Lipinski definition) is 1. The molecule has 0 bridgehead atoms. The highest BCUT2D eigenvalue weighted by Crippen LogP contribution is 2.69. The summed E-state index contributed by atoms with van der Waals surface area (Å²) in [7, 11) is 0. The lowest BCUT2D eigenvalue weighted by Gasteiger charge is -2.58. The molecule has 4 nitrogen and oxygen atoms in total. The quantitative estimate of drug-likeness (QED) is 0.808. The number of allylic oxidation sites excluding steroid dienone is 2. The fourth-order valence-electron chi connectivity index (χ4n) is 8.20. The molecular weight excluding hydrogens is 348 g/mol. The SMILES string of the molecule is CCN(CC)C(=O)[C@H]1CC[C@H]2[C@@H]3CNC4=CC(=O)[C@@H]5C[C@@H]5[C@]4(C)[C@H]3CC[C@]12C. The molecule has 4 aliphatic carbocycles. The highest BCUT2D eigenvalue weighted by molar-refractivity contribution is 5.96. The van der Waals surface area contributed by atoms with Crippen LogP contribution in [0.4, 0.5) is 0 Å². The van der Waals surface area contributed by atoms with Crippen molar-refractivity contribution < 1.29 is 9.59 Å². The zero-order valence-electron chi connectivity index (χ0n) is 18.0. The van der Waals surface area contributed by atoms with Gasteiger partial charge in [0.25, 0.3) is 0 Å². The van der Waals surface area contributed by atoms with Crippen LogP contribution in [0.1, 0.15) is 59.8 Å². The van der Waals surface area contributed by atoms with Crippen LogP contribution >= 0.6 is 0 Å². The first kappa shape index (κ1) is 18.7. The van der Waals surface area contributed by atoms with E-state index in [9.17, 15) is 9.59 Å². The Morgan fingerprint density at radius 1 is 1.14 bits per heavy atom. The fourth-order valence-corrected chi connectivity index (χ4v) is 8.20. The van der Waals surface area contributed by atoms with Crippen molar-refractivity contribution >= 4 is 11.7 Å². The van der Waals surface area contributed by atoms with Crippen LogP contribution in [0.2, 0.25) is 0 Å². The van der Waals surface area contributed by atoms with Gasteiger partial charge in [-0.05, 0) is 75.0 Å². The van der Waals surface area contributed by atoms with E-state index < -0.39 is 0 Å². The number of carbonyl (C=O) groups excluding carboxylic acids is 2. The summed E-state index contributed by atoms with van der Waals surface area (Å²) in [6.45, 7) is 11.7. The normalized spacial score (nSPS) is 48.4. The summed E-state index contributed by atoms with van der Waals surface area (Å²) < 4.78 is 0. The van der Waals surface area contributed by atoms with E-state index in [1.54, 1.807) is 0 Å². The molecule has 0 unspecified atom stereocenters. The van der Waals surface area contributed by atoms with Crippen molar-refractivity contribution in [2.45, 2.75) is 59.8 Å². The molecule has 154 valence electrons. The summed E-state index contributed by atoms with van der Waals surface area (Å²) >= 11 is 0. The van der Waals surface area contributed by atoms with Crippen LogP contribution in [0, 0.1) is 46.3 Å². The lowest BCUT2D eigenvalue weighted by molar-refractivity contribution is -0.142. The molecule has 3 saturated carbocycles. The van der Waals surface area contributed by atoms with Gasteiger partial charge in [-0.25, -0.2) is 0 Å². The van der Waals surface area contributed by atoms with E-state index >= 15 is 0 Å². The Balaban J connectivity index is 1.44. The zero-order chi connectivity index (χ0) is 19.8. The monoisotopic (exact) mass is 384 g/mol. The number of hydrogen-bond acceptors (Lipinski definition) is 3. The van der Waals surface area contributed by atoms with Crippen molar-refractivity contribution in [2.75, 3.05) is 19.6 Å². The van der Waals surface area contributed by atoms with Gasteiger partial charge in [0.1, 0.15) is 0 Å². The molecular formula is C24H36N2O2. The van der Waals surface area contributed by atoms with Gasteiger partial charge in [0.2, 0.25) is 5.91 Å². The van der Waals surface area contributed by atoms with E-state index in [1.807, 2.05) is 11.0 Å². The summed E-state index contributed by atoms with van der Waals surface area (Å²) in [5, 5.41) is 3.71. The first-order valence-corrected chi connectivity index (χ1v) is 11.6. The van der Waals surface area contributed by atoms with Gasteiger partial charge in [0.15, 0.2) is 5.78 Å². The van der Waals surface area contributed by atoms with Crippen LogP contribution in [0.3, 0.4) is 0 Å². The van der Waals surface area contributed by atoms with Crippen LogP contribution in [0.5, 0.6) is 0 Å². The first-order valence-electron chi connectivity index (χ1n) is 11.6. The maximum absolute atomic E-state index is 13.3. The van der Waals surface area contributed by atoms with Gasteiger partial charge in [-0.1, -0.05) is 13.8 Å². The van der Waals surface area contributed by atoms with E-state index in [0.717, 1.165) is 32.5 Å². The van der Waals surface area contributed by atoms with Crippen LogP contribution in [-0.2, 0) is 9.59 Å². The predicted octanol–water partition coefficient (Wildman–Crippen LogP) is 3.63. The van der Waals surface area contributed by atoms with E-state index in [-0.39, 0.29) is 16.7 Å². The van der Waals surface area contributed by atoms with Crippen molar-refractivity contribution in [1.29, 1.82) is 0 Å². The Morgan fingerprint density at radius 3 is 2.61 bits per heavy atom. The molecule has 5 rings (SSSR count). The molecule has 1 aliphatic heterocycles. The summed E-state index contributed by atoms with van der Waals surface area (Å²) in [5.41, 5.74) is 1.53. The Bertz CT molecular complexity index is 741. The summed E-state index contributed by atoms with van der Waals surface area (Å²) in [4.78, 5) is 27.6. The molecule has 0 radical (unpaired) electrons. The van der Waals surface area contributed by atoms with Gasteiger partial charge in [-0.2, -0.15) is 0 Å². The first-order chi connectivity index (χ1) is 13.4. The van der Waals surface area contributed by atoms with Gasteiger partial charge in [-0.3, -0.25) is 9.59 Å². The number of carbonyl (C=O) groups is 2. The average Bonchev–Trinajstić information content (AvgIpc) is 3.41.